The molecule has 2 aromatic rings. The van der Waals surface area contributed by atoms with E-state index >= 15 is 0 Å². The van der Waals surface area contributed by atoms with Crippen LogP contribution in [0.2, 0.25) is 0 Å². The molecule has 1 aliphatic heterocycles. The fourth-order valence-electron chi connectivity index (χ4n) is 2.24. The minimum Gasteiger partial charge on any atom is -0.478 e. The maximum atomic E-state index is 12.0. The van der Waals surface area contributed by atoms with E-state index in [-0.39, 0.29) is 11.1 Å². The fraction of sp³-hybridized carbons (Fsp3) is 0. The lowest BCUT2D eigenvalue weighted by Crippen LogP contribution is -2.09. The Balaban J connectivity index is 2.30. The lowest BCUT2D eigenvalue weighted by atomic mass is 9.95. The molecule has 1 heterocycles. The highest BCUT2D eigenvalue weighted by atomic mass is 16.5. The number of hydrogen-bond donors (Lipinski definition) is 1. The molecular formula is C16H10O4. The zero-order valence-corrected chi connectivity index (χ0v) is 10.4. The third-order valence-corrected chi connectivity index (χ3v) is 3.09. The van der Waals surface area contributed by atoms with Gasteiger partial charge in [0, 0.05) is 5.56 Å². The first-order valence-electron chi connectivity index (χ1n) is 6.03. The van der Waals surface area contributed by atoms with Gasteiger partial charge in [0.05, 0.1) is 11.1 Å². The molecule has 0 amide bonds. The Morgan fingerprint density at radius 3 is 2.30 bits per heavy atom. The summed E-state index contributed by atoms with van der Waals surface area (Å²) in [5.74, 6) is -1.39. The Morgan fingerprint density at radius 2 is 1.60 bits per heavy atom. The molecule has 0 aliphatic carbocycles. The Bertz CT molecular complexity index is 729. The highest BCUT2D eigenvalue weighted by Gasteiger charge is 2.32. The van der Waals surface area contributed by atoms with Crippen molar-refractivity contribution in [2.45, 2.75) is 0 Å². The van der Waals surface area contributed by atoms with Gasteiger partial charge in [-0.25, -0.2) is 9.59 Å². The molecule has 0 unspecified atom stereocenters. The van der Waals surface area contributed by atoms with E-state index in [0.717, 1.165) is 0 Å². The largest absolute Gasteiger partial charge is 0.478 e. The fourth-order valence-corrected chi connectivity index (χ4v) is 2.24. The Kier molecular flexibility index (Phi) is 2.84. The van der Waals surface area contributed by atoms with Gasteiger partial charge in [0.25, 0.3) is 0 Å². The summed E-state index contributed by atoms with van der Waals surface area (Å²) >= 11 is 0. The minimum atomic E-state index is -1.15. The van der Waals surface area contributed by atoms with Crippen molar-refractivity contribution in [3.05, 3.63) is 65.7 Å². The molecule has 0 saturated carbocycles. The van der Waals surface area contributed by atoms with Gasteiger partial charge in [-0.1, -0.05) is 48.5 Å². The van der Waals surface area contributed by atoms with E-state index in [1.807, 2.05) is 0 Å². The number of esters is 1. The van der Waals surface area contributed by atoms with Crippen LogP contribution in [0.5, 0.6) is 5.75 Å². The van der Waals surface area contributed by atoms with Crippen molar-refractivity contribution in [1.29, 1.82) is 0 Å². The Labute approximate surface area is 114 Å². The third-order valence-electron chi connectivity index (χ3n) is 3.09. The number of carboxylic acids is 1. The van der Waals surface area contributed by atoms with Crippen molar-refractivity contribution in [1.82, 2.24) is 0 Å². The van der Waals surface area contributed by atoms with Crippen molar-refractivity contribution in [3.8, 4) is 5.75 Å². The van der Waals surface area contributed by atoms with Crippen LogP contribution in [0.15, 0.2) is 54.6 Å². The number of carbonyl (C=O) groups is 2. The normalized spacial score (nSPS) is 15.5. The number of fused-ring (bicyclic) bond motifs is 1. The molecule has 0 saturated heterocycles. The van der Waals surface area contributed by atoms with E-state index in [0.29, 0.717) is 16.9 Å². The van der Waals surface area contributed by atoms with Gasteiger partial charge in [0.2, 0.25) is 0 Å². The van der Waals surface area contributed by atoms with Crippen molar-refractivity contribution in [2.75, 3.05) is 0 Å². The predicted octanol–water partition coefficient (Wildman–Crippen LogP) is 2.60. The van der Waals surface area contributed by atoms with Gasteiger partial charge in [-0.3, -0.25) is 0 Å². The molecule has 0 fully saturated rings. The zero-order chi connectivity index (χ0) is 14.1. The van der Waals surface area contributed by atoms with Crippen LogP contribution >= 0.6 is 0 Å². The highest BCUT2D eigenvalue weighted by molar-refractivity contribution is 6.39. The van der Waals surface area contributed by atoms with Gasteiger partial charge in [0.1, 0.15) is 5.75 Å². The van der Waals surface area contributed by atoms with Crippen LogP contribution in [0.1, 0.15) is 11.1 Å². The molecule has 1 aliphatic rings. The summed E-state index contributed by atoms with van der Waals surface area (Å²) in [7, 11) is 0. The first-order valence-corrected chi connectivity index (χ1v) is 6.03. The van der Waals surface area contributed by atoms with Crippen molar-refractivity contribution < 1.29 is 19.4 Å². The van der Waals surface area contributed by atoms with Crippen molar-refractivity contribution in [2.24, 2.45) is 0 Å². The number of aliphatic carboxylic acids is 1. The molecule has 0 spiro atoms. The van der Waals surface area contributed by atoms with Gasteiger partial charge in [-0.2, -0.15) is 0 Å². The Hall–Kier alpha value is -2.88. The van der Waals surface area contributed by atoms with Gasteiger partial charge < -0.3 is 9.84 Å². The van der Waals surface area contributed by atoms with Crippen LogP contribution in [0, 0.1) is 0 Å². The first-order chi connectivity index (χ1) is 9.68. The number of ether oxygens (including phenoxy) is 1. The van der Waals surface area contributed by atoms with E-state index in [1.54, 1.807) is 54.6 Å². The number of benzene rings is 2. The van der Waals surface area contributed by atoms with Crippen LogP contribution in [0.25, 0.3) is 11.1 Å². The zero-order valence-electron chi connectivity index (χ0n) is 10.4. The third kappa shape index (κ3) is 1.87. The average molecular weight is 266 g/mol. The number of carboxylic acid groups (broad SMARTS) is 1. The molecule has 2 aromatic carbocycles. The summed E-state index contributed by atoms with van der Waals surface area (Å²) in [6.45, 7) is 0. The van der Waals surface area contributed by atoms with Crippen LogP contribution in [-0.2, 0) is 9.59 Å². The van der Waals surface area contributed by atoms with Crippen LogP contribution in [0.3, 0.4) is 0 Å². The molecule has 0 radical (unpaired) electrons. The predicted molar refractivity (Wildman–Crippen MR) is 73.0 cm³/mol. The summed E-state index contributed by atoms with van der Waals surface area (Å²) in [5, 5.41) is 9.46. The van der Waals surface area contributed by atoms with Crippen LogP contribution in [-0.4, -0.2) is 17.0 Å². The van der Waals surface area contributed by atoms with Crippen LogP contribution in [0.4, 0.5) is 0 Å². The SMILES string of the molecule is O=C(O)/C(=C1/C(=O)Oc2ccccc21)c1ccccc1. The summed E-state index contributed by atoms with van der Waals surface area (Å²) in [6.07, 6.45) is 0. The molecule has 0 atom stereocenters. The molecule has 98 valence electrons. The van der Waals surface area contributed by atoms with E-state index in [2.05, 4.69) is 0 Å². The number of carbonyl (C=O) groups excluding carboxylic acids is 1. The Morgan fingerprint density at radius 1 is 0.950 bits per heavy atom. The molecule has 4 nitrogen and oxygen atoms in total. The molecule has 0 aromatic heterocycles. The lowest BCUT2D eigenvalue weighted by Gasteiger charge is -2.05. The second-order valence-electron chi connectivity index (χ2n) is 4.31. The molecule has 4 heteroatoms. The maximum Gasteiger partial charge on any atom is 0.345 e. The first kappa shape index (κ1) is 12.2. The number of para-hydroxylation sites is 1. The molecule has 1 N–H and O–H groups in total. The van der Waals surface area contributed by atoms with Crippen molar-refractivity contribution >= 4 is 23.1 Å². The second-order valence-corrected chi connectivity index (χ2v) is 4.31. The van der Waals surface area contributed by atoms with E-state index in [4.69, 9.17) is 4.74 Å². The van der Waals surface area contributed by atoms with Gasteiger partial charge in [-0.05, 0) is 11.6 Å². The topological polar surface area (TPSA) is 63.6 Å². The monoisotopic (exact) mass is 266 g/mol. The quantitative estimate of drug-likeness (QED) is 0.515. The maximum absolute atomic E-state index is 12.0. The summed E-state index contributed by atoms with van der Waals surface area (Å²) in [5.41, 5.74) is 1.04. The van der Waals surface area contributed by atoms with E-state index < -0.39 is 11.9 Å². The standard InChI is InChI=1S/C16H10O4/c17-15(18)13(10-6-2-1-3-7-10)14-11-8-4-5-9-12(11)20-16(14)19/h1-9H,(H,17,18)/b14-13+. The molecule has 3 rings (SSSR count). The molecular weight excluding hydrogens is 256 g/mol. The average Bonchev–Trinajstić information content (AvgIpc) is 2.77. The highest BCUT2D eigenvalue weighted by Crippen LogP contribution is 2.38. The van der Waals surface area contributed by atoms with Crippen LogP contribution < -0.4 is 4.74 Å². The number of hydrogen-bond acceptors (Lipinski definition) is 3. The summed E-state index contributed by atoms with van der Waals surface area (Å²) in [4.78, 5) is 23.6. The van der Waals surface area contributed by atoms with Crippen molar-refractivity contribution in [3.63, 3.8) is 0 Å². The number of rotatable bonds is 2. The van der Waals surface area contributed by atoms with Gasteiger partial charge in [-0.15, -0.1) is 0 Å². The van der Waals surface area contributed by atoms with E-state index in [1.165, 1.54) is 0 Å². The summed E-state index contributed by atoms with van der Waals surface area (Å²) in [6, 6.07) is 15.4. The summed E-state index contributed by atoms with van der Waals surface area (Å²) < 4.78 is 5.11. The molecule has 20 heavy (non-hydrogen) atoms. The second kappa shape index (κ2) is 4.66. The lowest BCUT2D eigenvalue weighted by molar-refractivity contribution is -0.131. The molecule has 0 bridgehead atoms. The minimum absolute atomic E-state index is 0.0412. The van der Waals surface area contributed by atoms with Gasteiger partial charge >= 0.3 is 11.9 Å². The smallest absolute Gasteiger partial charge is 0.345 e. The van der Waals surface area contributed by atoms with E-state index in [9.17, 15) is 14.7 Å². The van der Waals surface area contributed by atoms with Gasteiger partial charge in [0.15, 0.2) is 0 Å².